The zero-order chi connectivity index (χ0) is 14.7. The van der Waals surface area contributed by atoms with Gasteiger partial charge in [-0.05, 0) is 38.0 Å². The van der Waals surface area contributed by atoms with Crippen LogP contribution in [0.1, 0.15) is 30.1 Å². The number of Topliss-reactive ketones (excluding diaryl/α,β-unsaturated/α-hetero) is 1. The fourth-order valence-corrected chi connectivity index (χ4v) is 3.77. The van der Waals surface area contributed by atoms with Crippen molar-refractivity contribution < 1.29 is 22.5 Å². The van der Waals surface area contributed by atoms with Crippen LogP contribution in [0, 0.1) is 11.6 Å². The van der Waals surface area contributed by atoms with Crippen molar-refractivity contribution in [1.29, 1.82) is 0 Å². The molecule has 2 atom stereocenters. The van der Waals surface area contributed by atoms with Crippen molar-refractivity contribution in [3.63, 3.8) is 0 Å². The van der Waals surface area contributed by atoms with Gasteiger partial charge in [-0.15, -0.1) is 0 Å². The normalized spacial score (nSPS) is 19.6. The van der Waals surface area contributed by atoms with Gasteiger partial charge in [-0.25, -0.2) is 8.78 Å². The van der Waals surface area contributed by atoms with Crippen LogP contribution in [0.5, 0.6) is 0 Å². The molecule has 20 heavy (non-hydrogen) atoms. The Bertz CT molecular complexity index is 527. The Kier molecular flexibility index (Phi) is 4.99. The molecule has 0 aliphatic carbocycles. The second kappa shape index (κ2) is 6.54. The lowest BCUT2D eigenvalue weighted by atomic mass is 10.1. The molecule has 2 rings (SSSR count). The Hall–Kier alpha value is -1.14. The molecule has 0 spiro atoms. The number of carbonyl (C=O) groups excluding carboxylic acids is 1. The van der Waals surface area contributed by atoms with Gasteiger partial charge >= 0.3 is 0 Å². The first kappa shape index (κ1) is 15.3. The first-order chi connectivity index (χ1) is 9.50. The molecule has 0 bridgehead atoms. The maximum absolute atomic E-state index is 13.1. The minimum absolute atomic E-state index is 0.0526. The summed E-state index contributed by atoms with van der Waals surface area (Å²) in [6.45, 7) is 2.65. The van der Waals surface area contributed by atoms with Crippen LogP contribution < -0.4 is 0 Å². The minimum atomic E-state index is -1.34. The van der Waals surface area contributed by atoms with Crippen LogP contribution in [-0.4, -0.2) is 33.7 Å². The highest BCUT2D eigenvalue weighted by atomic mass is 32.2. The van der Waals surface area contributed by atoms with Crippen LogP contribution in [0.4, 0.5) is 8.78 Å². The van der Waals surface area contributed by atoms with E-state index in [-0.39, 0.29) is 10.8 Å². The third-order valence-corrected chi connectivity index (χ3v) is 5.46. The van der Waals surface area contributed by atoms with E-state index >= 15 is 0 Å². The topological polar surface area (TPSA) is 43.4 Å². The Morgan fingerprint density at radius 3 is 2.55 bits per heavy atom. The monoisotopic (exact) mass is 302 g/mol. The quantitative estimate of drug-likeness (QED) is 0.803. The second-order valence-corrected chi connectivity index (χ2v) is 6.81. The summed E-state index contributed by atoms with van der Waals surface area (Å²) in [4.78, 5) is 12.2. The number of ether oxygens (including phenoxy) is 1. The number of hydrogen-bond acceptors (Lipinski definition) is 3. The van der Waals surface area contributed by atoms with Crippen molar-refractivity contribution in [2.24, 2.45) is 0 Å². The highest BCUT2D eigenvalue weighted by Crippen LogP contribution is 2.19. The van der Waals surface area contributed by atoms with Gasteiger partial charge in [0.25, 0.3) is 0 Å². The summed E-state index contributed by atoms with van der Waals surface area (Å²) in [6, 6.07) is 2.99. The summed E-state index contributed by atoms with van der Waals surface area (Å²) in [5, 5.41) is -0.809. The van der Waals surface area contributed by atoms with E-state index in [4.69, 9.17) is 4.74 Å². The van der Waals surface area contributed by atoms with E-state index in [9.17, 15) is 17.8 Å². The van der Waals surface area contributed by atoms with Crippen molar-refractivity contribution in [1.82, 2.24) is 0 Å². The van der Waals surface area contributed by atoms with Gasteiger partial charge in [-0.2, -0.15) is 0 Å². The molecule has 1 aromatic rings. The number of ketones is 1. The summed E-state index contributed by atoms with van der Waals surface area (Å²) in [5.41, 5.74) is 0.0526. The number of benzene rings is 1. The lowest BCUT2D eigenvalue weighted by Crippen LogP contribution is -2.34. The van der Waals surface area contributed by atoms with Crippen molar-refractivity contribution in [3.8, 4) is 0 Å². The first-order valence-corrected chi connectivity index (χ1v) is 7.74. The maximum Gasteiger partial charge on any atom is 0.178 e. The summed E-state index contributed by atoms with van der Waals surface area (Å²) < 4.78 is 43.5. The van der Waals surface area contributed by atoms with Gasteiger partial charge in [0.15, 0.2) is 17.4 Å². The maximum atomic E-state index is 13.1. The Morgan fingerprint density at radius 1 is 1.30 bits per heavy atom. The van der Waals surface area contributed by atoms with Crippen molar-refractivity contribution in [3.05, 3.63) is 35.4 Å². The van der Waals surface area contributed by atoms with E-state index in [0.717, 1.165) is 12.1 Å². The van der Waals surface area contributed by atoms with Crippen LogP contribution in [0.2, 0.25) is 0 Å². The van der Waals surface area contributed by atoms with Gasteiger partial charge in [0.05, 0.1) is 5.25 Å². The molecule has 6 heteroatoms. The Balaban J connectivity index is 2.10. The zero-order valence-electron chi connectivity index (χ0n) is 11.1. The molecule has 3 nitrogen and oxygen atoms in total. The summed E-state index contributed by atoms with van der Waals surface area (Å²) in [5.74, 6) is -2.49. The second-order valence-electron chi connectivity index (χ2n) is 4.78. The van der Waals surface area contributed by atoms with Gasteiger partial charge < -0.3 is 4.74 Å². The third kappa shape index (κ3) is 3.30. The third-order valence-electron chi connectivity index (χ3n) is 3.42. The summed E-state index contributed by atoms with van der Waals surface area (Å²) >= 11 is 0. The van der Waals surface area contributed by atoms with Gasteiger partial charge in [0.2, 0.25) is 0 Å². The van der Waals surface area contributed by atoms with E-state index in [2.05, 4.69) is 0 Å². The molecule has 0 amide bonds. The molecule has 0 saturated carbocycles. The fraction of sp³-hybridized carbons (Fsp3) is 0.500. The summed E-state index contributed by atoms with van der Waals surface area (Å²) in [7, 11) is -1.34. The largest absolute Gasteiger partial charge is 0.381 e. The number of carbonyl (C=O) groups is 1. The van der Waals surface area contributed by atoms with Gasteiger partial charge in [-0.1, -0.05) is 0 Å². The molecular weight excluding hydrogens is 286 g/mol. The lowest BCUT2D eigenvalue weighted by Gasteiger charge is -2.24. The molecule has 110 valence electrons. The standard InChI is InChI=1S/C14H16F2O3S/c1-9(20(18)11-4-6-19-7-5-11)14(17)10-2-3-12(15)13(16)8-10/h2-3,8-9,11H,4-7H2,1H3. The molecule has 2 unspecified atom stereocenters. The van der Waals surface area contributed by atoms with Gasteiger partial charge in [-0.3, -0.25) is 9.00 Å². The predicted octanol–water partition coefficient (Wildman–Crippen LogP) is 2.46. The number of rotatable bonds is 4. The average molecular weight is 302 g/mol. The Labute approximate surface area is 118 Å². The van der Waals surface area contributed by atoms with Gasteiger partial charge in [0, 0.05) is 34.8 Å². The highest BCUT2D eigenvalue weighted by Gasteiger charge is 2.29. The van der Waals surface area contributed by atoms with E-state index in [1.54, 1.807) is 6.92 Å². The number of halogens is 2. The van der Waals surface area contributed by atoms with Crippen LogP contribution in [0.3, 0.4) is 0 Å². The molecule has 1 heterocycles. The van der Waals surface area contributed by atoms with Crippen LogP contribution in [-0.2, 0) is 15.5 Å². The van der Waals surface area contributed by atoms with E-state index < -0.39 is 33.5 Å². The van der Waals surface area contributed by atoms with E-state index in [0.29, 0.717) is 26.1 Å². The smallest absolute Gasteiger partial charge is 0.178 e. The Morgan fingerprint density at radius 2 is 1.95 bits per heavy atom. The molecule has 1 fully saturated rings. The first-order valence-electron chi connectivity index (χ1n) is 6.47. The molecule has 1 saturated heterocycles. The number of hydrogen-bond donors (Lipinski definition) is 0. The highest BCUT2D eigenvalue weighted by molar-refractivity contribution is 7.87. The van der Waals surface area contributed by atoms with Crippen molar-refractivity contribution >= 4 is 16.6 Å². The van der Waals surface area contributed by atoms with Crippen LogP contribution in [0.25, 0.3) is 0 Å². The van der Waals surface area contributed by atoms with E-state index in [1.165, 1.54) is 6.07 Å². The molecule has 0 N–H and O–H groups in total. The molecule has 1 aliphatic heterocycles. The van der Waals surface area contributed by atoms with Crippen molar-refractivity contribution in [2.45, 2.75) is 30.3 Å². The molecule has 1 aromatic carbocycles. The minimum Gasteiger partial charge on any atom is -0.381 e. The predicted molar refractivity (Wildman–Crippen MR) is 72.1 cm³/mol. The molecular formula is C14H16F2O3S. The van der Waals surface area contributed by atoms with Crippen LogP contribution in [0.15, 0.2) is 18.2 Å². The van der Waals surface area contributed by atoms with Gasteiger partial charge in [0.1, 0.15) is 0 Å². The molecule has 0 radical (unpaired) electrons. The van der Waals surface area contributed by atoms with E-state index in [1.807, 2.05) is 0 Å². The lowest BCUT2D eigenvalue weighted by molar-refractivity contribution is 0.0965. The SMILES string of the molecule is CC(C(=O)c1ccc(F)c(F)c1)S(=O)C1CCOCC1. The molecule has 1 aliphatic rings. The van der Waals surface area contributed by atoms with Crippen molar-refractivity contribution in [2.75, 3.05) is 13.2 Å². The fourth-order valence-electron chi connectivity index (χ4n) is 2.19. The molecule has 0 aromatic heterocycles. The summed E-state index contributed by atoms with van der Waals surface area (Å²) in [6.07, 6.45) is 1.31. The average Bonchev–Trinajstić information content (AvgIpc) is 2.48. The zero-order valence-corrected chi connectivity index (χ0v) is 11.9. The van der Waals surface area contributed by atoms with Crippen LogP contribution >= 0.6 is 0 Å².